The molecule has 0 aliphatic carbocycles. The third-order valence-corrected chi connectivity index (χ3v) is 6.98. The summed E-state index contributed by atoms with van der Waals surface area (Å²) in [6, 6.07) is 4.63. The molecule has 1 N–H and O–H groups in total. The Morgan fingerprint density at radius 1 is 1.08 bits per heavy atom. The van der Waals surface area contributed by atoms with Crippen molar-refractivity contribution in [3.8, 4) is 5.82 Å². The van der Waals surface area contributed by atoms with E-state index in [2.05, 4.69) is 25.3 Å². The Bertz CT molecular complexity index is 1250. The molecule has 0 atom stereocenters. The molecule has 2 fully saturated rings. The third-order valence-electron chi connectivity index (χ3n) is 6.98. The SMILES string of the molecule is Cc1cc(NC(=O)c2cnn(-c3ccc(C(F)(F)F)cn3)c2C)cnc1C1CCN(C2COC2)CC1. The van der Waals surface area contributed by atoms with Crippen LogP contribution in [0.3, 0.4) is 0 Å². The van der Waals surface area contributed by atoms with E-state index in [1.165, 1.54) is 16.9 Å². The number of pyridine rings is 2. The fraction of sp³-hybridized carbons (Fsp3) is 0.440. The molecular formula is C25H27F3N6O2. The molecule has 36 heavy (non-hydrogen) atoms. The Morgan fingerprint density at radius 2 is 1.83 bits per heavy atom. The maximum atomic E-state index is 12.9. The van der Waals surface area contributed by atoms with Gasteiger partial charge in [0, 0.05) is 17.8 Å². The summed E-state index contributed by atoms with van der Waals surface area (Å²) >= 11 is 0. The quantitative estimate of drug-likeness (QED) is 0.567. The van der Waals surface area contributed by atoms with Gasteiger partial charge < -0.3 is 10.1 Å². The van der Waals surface area contributed by atoms with Crippen LogP contribution in [0, 0.1) is 13.8 Å². The number of likely N-dealkylation sites (tertiary alicyclic amines) is 1. The zero-order chi connectivity index (χ0) is 25.4. The predicted octanol–water partition coefficient (Wildman–Crippen LogP) is 4.13. The molecular weight excluding hydrogens is 473 g/mol. The van der Waals surface area contributed by atoms with E-state index in [1.807, 2.05) is 13.0 Å². The van der Waals surface area contributed by atoms with Crippen LogP contribution in [0.2, 0.25) is 0 Å². The van der Waals surface area contributed by atoms with Crippen LogP contribution in [-0.2, 0) is 10.9 Å². The van der Waals surface area contributed by atoms with Crippen molar-refractivity contribution in [3.05, 3.63) is 64.9 Å². The molecule has 190 valence electrons. The number of hydrogen-bond acceptors (Lipinski definition) is 6. The molecule has 3 aromatic rings. The molecule has 1 amide bonds. The Morgan fingerprint density at radius 3 is 2.42 bits per heavy atom. The average Bonchev–Trinajstić information content (AvgIpc) is 3.20. The van der Waals surface area contributed by atoms with E-state index in [0.29, 0.717) is 28.9 Å². The van der Waals surface area contributed by atoms with Gasteiger partial charge in [-0.05, 0) is 63.5 Å². The zero-order valence-electron chi connectivity index (χ0n) is 20.0. The highest BCUT2D eigenvalue weighted by Crippen LogP contribution is 2.32. The van der Waals surface area contributed by atoms with Crippen molar-refractivity contribution < 1.29 is 22.7 Å². The third kappa shape index (κ3) is 4.85. The average molecular weight is 501 g/mol. The second kappa shape index (κ2) is 9.62. The second-order valence-corrected chi connectivity index (χ2v) is 9.34. The predicted molar refractivity (Wildman–Crippen MR) is 126 cm³/mol. The van der Waals surface area contributed by atoms with E-state index in [9.17, 15) is 18.0 Å². The molecule has 0 saturated carbocycles. The van der Waals surface area contributed by atoms with Crippen LogP contribution in [0.15, 0.2) is 36.8 Å². The molecule has 0 radical (unpaired) electrons. The Hall–Kier alpha value is -3.31. The van der Waals surface area contributed by atoms with Gasteiger partial charge in [0.15, 0.2) is 5.82 Å². The molecule has 5 heterocycles. The summed E-state index contributed by atoms with van der Waals surface area (Å²) in [4.78, 5) is 23.9. The maximum absolute atomic E-state index is 12.9. The summed E-state index contributed by atoms with van der Waals surface area (Å²) in [5.74, 6) is 0.205. The van der Waals surface area contributed by atoms with Crippen LogP contribution in [-0.4, -0.2) is 62.9 Å². The number of piperidine rings is 1. The largest absolute Gasteiger partial charge is 0.417 e. The molecule has 2 aliphatic rings. The minimum absolute atomic E-state index is 0.192. The molecule has 3 aromatic heterocycles. The van der Waals surface area contributed by atoms with Crippen LogP contribution in [0.4, 0.5) is 18.9 Å². The van der Waals surface area contributed by atoms with Gasteiger partial charge in [0.2, 0.25) is 0 Å². The van der Waals surface area contributed by atoms with Crippen molar-refractivity contribution in [1.82, 2.24) is 24.6 Å². The number of rotatable bonds is 5. The van der Waals surface area contributed by atoms with Gasteiger partial charge in [-0.1, -0.05) is 0 Å². The monoisotopic (exact) mass is 500 g/mol. The molecule has 8 nitrogen and oxygen atoms in total. The standard InChI is InChI=1S/C25H27F3N6O2/c1-15-9-19(11-30-23(15)17-5-7-33(8-6-17)20-13-36-14-20)32-24(35)21-12-31-34(16(21)2)22-4-3-18(10-29-22)25(26,27)28/h3-4,9-12,17,20H,5-8,13-14H2,1-2H3,(H,32,35). The first-order chi connectivity index (χ1) is 17.2. The van der Waals surface area contributed by atoms with Gasteiger partial charge in [0.05, 0.1) is 54.2 Å². The highest BCUT2D eigenvalue weighted by atomic mass is 19.4. The number of amides is 1. The van der Waals surface area contributed by atoms with Crippen molar-refractivity contribution in [2.24, 2.45) is 0 Å². The van der Waals surface area contributed by atoms with E-state index in [4.69, 9.17) is 4.74 Å². The number of nitrogens with zero attached hydrogens (tertiary/aromatic N) is 5. The lowest BCUT2D eigenvalue weighted by Crippen LogP contribution is -2.51. The highest BCUT2D eigenvalue weighted by Gasteiger charge is 2.32. The van der Waals surface area contributed by atoms with E-state index >= 15 is 0 Å². The lowest BCUT2D eigenvalue weighted by Gasteiger charge is -2.41. The van der Waals surface area contributed by atoms with Crippen molar-refractivity contribution in [2.45, 2.75) is 44.8 Å². The van der Waals surface area contributed by atoms with E-state index in [-0.39, 0.29) is 11.7 Å². The fourth-order valence-corrected chi connectivity index (χ4v) is 4.79. The van der Waals surface area contributed by atoms with Crippen LogP contribution in [0.1, 0.15) is 51.6 Å². The number of alkyl halides is 3. The number of aryl methyl sites for hydroxylation is 1. The number of halogens is 3. The van der Waals surface area contributed by atoms with E-state index in [0.717, 1.165) is 62.7 Å². The van der Waals surface area contributed by atoms with Crippen molar-refractivity contribution >= 4 is 11.6 Å². The van der Waals surface area contributed by atoms with E-state index < -0.39 is 11.7 Å². The Kier molecular flexibility index (Phi) is 6.52. The normalized spacial score (nSPS) is 17.7. The first kappa shape index (κ1) is 24.4. The van der Waals surface area contributed by atoms with Gasteiger partial charge in [0.25, 0.3) is 5.91 Å². The summed E-state index contributed by atoms with van der Waals surface area (Å²) < 4.78 is 45.1. The first-order valence-corrected chi connectivity index (χ1v) is 11.9. The summed E-state index contributed by atoms with van der Waals surface area (Å²) in [6.45, 7) is 7.40. The molecule has 5 rings (SSSR count). The van der Waals surface area contributed by atoms with Crippen LogP contribution in [0.25, 0.3) is 5.82 Å². The Balaban J connectivity index is 1.24. The minimum atomic E-state index is -4.47. The van der Waals surface area contributed by atoms with Crippen LogP contribution < -0.4 is 5.32 Å². The number of anilines is 1. The number of carbonyl (C=O) groups is 1. The maximum Gasteiger partial charge on any atom is 0.417 e. The topological polar surface area (TPSA) is 85.2 Å². The van der Waals surface area contributed by atoms with Crippen molar-refractivity contribution in [3.63, 3.8) is 0 Å². The second-order valence-electron chi connectivity index (χ2n) is 9.34. The van der Waals surface area contributed by atoms with Gasteiger partial charge in [0.1, 0.15) is 0 Å². The van der Waals surface area contributed by atoms with Gasteiger partial charge >= 0.3 is 6.18 Å². The van der Waals surface area contributed by atoms with Gasteiger partial charge in [-0.25, -0.2) is 9.67 Å². The zero-order valence-corrected chi connectivity index (χ0v) is 20.0. The molecule has 0 spiro atoms. The number of ether oxygens (including phenoxy) is 1. The Labute approximate surface area is 206 Å². The van der Waals surface area contributed by atoms with Gasteiger partial charge in [-0.15, -0.1) is 0 Å². The number of carbonyl (C=O) groups excluding carboxylic acids is 1. The van der Waals surface area contributed by atoms with Crippen molar-refractivity contribution in [1.29, 1.82) is 0 Å². The molecule has 0 aromatic carbocycles. The summed E-state index contributed by atoms with van der Waals surface area (Å²) in [5.41, 5.74) is 2.58. The minimum Gasteiger partial charge on any atom is -0.378 e. The van der Waals surface area contributed by atoms with E-state index in [1.54, 1.807) is 13.1 Å². The number of hydrogen-bond donors (Lipinski definition) is 1. The molecule has 0 bridgehead atoms. The lowest BCUT2D eigenvalue weighted by atomic mass is 9.90. The summed E-state index contributed by atoms with van der Waals surface area (Å²) in [5, 5.41) is 7.00. The summed E-state index contributed by atoms with van der Waals surface area (Å²) in [6.07, 6.45) is 1.42. The van der Waals surface area contributed by atoms with Crippen LogP contribution >= 0.6 is 0 Å². The molecule has 2 saturated heterocycles. The van der Waals surface area contributed by atoms with Gasteiger partial charge in [-0.3, -0.25) is 14.7 Å². The van der Waals surface area contributed by atoms with Crippen LogP contribution in [0.5, 0.6) is 0 Å². The number of aromatic nitrogens is 4. The van der Waals surface area contributed by atoms with Crippen molar-refractivity contribution in [2.75, 3.05) is 31.6 Å². The molecule has 0 unspecified atom stereocenters. The molecule has 2 aliphatic heterocycles. The highest BCUT2D eigenvalue weighted by molar-refractivity contribution is 6.04. The van der Waals surface area contributed by atoms with Gasteiger partial charge in [-0.2, -0.15) is 18.3 Å². The number of nitrogens with one attached hydrogen (secondary N) is 1. The summed E-state index contributed by atoms with van der Waals surface area (Å²) in [7, 11) is 0. The first-order valence-electron chi connectivity index (χ1n) is 11.9. The fourth-order valence-electron chi connectivity index (χ4n) is 4.79. The molecule has 11 heteroatoms. The lowest BCUT2D eigenvalue weighted by molar-refractivity contribution is -0.137. The smallest absolute Gasteiger partial charge is 0.378 e.